The van der Waals surface area contributed by atoms with E-state index in [1.54, 1.807) is 41.0 Å². The maximum atomic E-state index is 11.7. The lowest BCUT2D eigenvalue weighted by atomic mass is 10.2. The summed E-state index contributed by atoms with van der Waals surface area (Å²) >= 11 is 5.94. The van der Waals surface area contributed by atoms with Gasteiger partial charge in [-0.25, -0.2) is 23.3 Å². The number of carbonyl (C=O) groups is 1. The number of aromatic nitrogens is 2. The number of hydrogen-bond donors (Lipinski definition) is 2. The van der Waals surface area contributed by atoms with Crippen LogP contribution in [0.25, 0.3) is 17.1 Å². The quantitative estimate of drug-likeness (QED) is 0.676. The van der Waals surface area contributed by atoms with Crippen molar-refractivity contribution in [2.45, 2.75) is 18.2 Å². The first-order valence-electron chi connectivity index (χ1n) is 7.96. The monoisotopic (exact) mass is 405 g/mol. The first-order chi connectivity index (χ1) is 12.7. The standard InChI is InChI=1S/C18H16ClN3O4S/c1-2-15-16(18(23)24)21-17(11-3-5-12(19)6-4-11)22(15)13-7-9-14(10-8-13)27(20,25)26/h3-10H,2H2,1H3,(H,23,24)(H2,20,25,26). The van der Waals surface area contributed by atoms with Crippen LogP contribution in [-0.2, 0) is 16.4 Å². The highest BCUT2D eigenvalue weighted by Gasteiger charge is 2.23. The van der Waals surface area contributed by atoms with E-state index in [1.807, 2.05) is 6.92 Å². The van der Waals surface area contributed by atoms with E-state index in [4.69, 9.17) is 16.7 Å². The van der Waals surface area contributed by atoms with E-state index in [2.05, 4.69) is 4.98 Å². The van der Waals surface area contributed by atoms with E-state index >= 15 is 0 Å². The number of aromatic carboxylic acids is 1. The third kappa shape index (κ3) is 3.73. The van der Waals surface area contributed by atoms with E-state index in [1.165, 1.54) is 12.1 Å². The van der Waals surface area contributed by atoms with Crippen LogP contribution in [0.4, 0.5) is 0 Å². The van der Waals surface area contributed by atoms with Crippen LogP contribution in [0.1, 0.15) is 23.1 Å². The number of benzene rings is 2. The number of carboxylic acids is 1. The van der Waals surface area contributed by atoms with E-state index in [0.29, 0.717) is 34.2 Å². The van der Waals surface area contributed by atoms with Crippen LogP contribution in [0.3, 0.4) is 0 Å². The van der Waals surface area contributed by atoms with Gasteiger partial charge in [-0.2, -0.15) is 0 Å². The number of nitrogens with two attached hydrogens (primary N) is 1. The van der Waals surface area contributed by atoms with Gasteiger partial charge in [0, 0.05) is 16.3 Å². The van der Waals surface area contributed by atoms with E-state index in [0.717, 1.165) is 0 Å². The summed E-state index contributed by atoms with van der Waals surface area (Å²) in [6.07, 6.45) is 0.416. The lowest BCUT2D eigenvalue weighted by Gasteiger charge is -2.12. The molecule has 0 amide bonds. The number of carboxylic acid groups (broad SMARTS) is 1. The highest BCUT2D eigenvalue weighted by molar-refractivity contribution is 7.89. The Labute approximate surface area is 161 Å². The van der Waals surface area contributed by atoms with Crippen molar-refractivity contribution in [3.63, 3.8) is 0 Å². The van der Waals surface area contributed by atoms with Crippen molar-refractivity contribution in [1.29, 1.82) is 0 Å². The fourth-order valence-electron chi connectivity index (χ4n) is 2.81. The van der Waals surface area contributed by atoms with Crippen LogP contribution in [-0.4, -0.2) is 29.0 Å². The number of nitrogens with zero attached hydrogens (tertiary/aromatic N) is 2. The first-order valence-corrected chi connectivity index (χ1v) is 9.89. The summed E-state index contributed by atoms with van der Waals surface area (Å²) < 4.78 is 24.7. The Balaban J connectivity index is 2.26. The molecule has 140 valence electrons. The molecule has 3 N–H and O–H groups in total. The number of primary sulfonamides is 1. The highest BCUT2D eigenvalue weighted by atomic mass is 35.5. The van der Waals surface area contributed by atoms with Crippen molar-refractivity contribution < 1.29 is 18.3 Å². The number of imidazole rings is 1. The van der Waals surface area contributed by atoms with Gasteiger partial charge in [-0.05, 0) is 55.0 Å². The van der Waals surface area contributed by atoms with Crippen LogP contribution >= 0.6 is 11.6 Å². The van der Waals surface area contributed by atoms with Gasteiger partial charge in [-0.1, -0.05) is 18.5 Å². The number of rotatable bonds is 5. The number of halogens is 1. The van der Waals surface area contributed by atoms with E-state index in [9.17, 15) is 18.3 Å². The van der Waals surface area contributed by atoms with Gasteiger partial charge in [-0.15, -0.1) is 0 Å². The molecule has 0 aliphatic carbocycles. The fraction of sp³-hybridized carbons (Fsp3) is 0.111. The molecule has 0 fully saturated rings. The maximum absolute atomic E-state index is 11.7. The van der Waals surface area contributed by atoms with Gasteiger partial charge in [0.1, 0.15) is 5.82 Å². The summed E-state index contributed by atoms with van der Waals surface area (Å²) in [7, 11) is -3.83. The van der Waals surface area contributed by atoms with Crippen LogP contribution < -0.4 is 5.14 Å². The van der Waals surface area contributed by atoms with Crippen LogP contribution in [0.2, 0.25) is 5.02 Å². The van der Waals surface area contributed by atoms with Crippen molar-refractivity contribution in [2.75, 3.05) is 0 Å². The zero-order valence-electron chi connectivity index (χ0n) is 14.3. The fourth-order valence-corrected chi connectivity index (χ4v) is 3.45. The summed E-state index contributed by atoms with van der Waals surface area (Å²) in [6.45, 7) is 1.82. The molecular weight excluding hydrogens is 390 g/mol. The Morgan fingerprint density at radius 1 is 1.15 bits per heavy atom. The third-order valence-electron chi connectivity index (χ3n) is 4.04. The van der Waals surface area contributed by atoms with Gasteiger partial charge in [0.25, 0.3) is 0 Å². The molecule has 3 aromatic rings. The van der Waals surface area contributed by atoms with Crippen LogP contribution in [0.5, 0.6) is 0 Å². The molecule has 0 atom stereocenters. The zero-order valence-corrected chi connectivity index (χ0v) is 15.8. The molecule has 0 aliphatic heterocycles. The summed E-state index contributed by atoms with van der Waals surface area (Å²) in [4.78, 5) is 15.9. The second-order valence-corrected chi connectivity index (χ2v) is 7.77. The minimum atomic E-state index is -3.83. The minimum absolute atomic E-state index is 0.0316. The maximum Gasteiger partial charge on any atom is 0.356 e. The zero-order chi connectivity index (χ0) is 19.8. The SMILES string of the molecule is CCc1c(C(=O)O)nc(-c2ccc(Cl)cc2)n1-c1ccc(S(N)(=O)=O)cc1. The van der Waals surface area contributed by atoms with Gasteiger partial charge in [0.2, 0.25) is 10.0 Å². The lowest BCUT2D eigenvalue weighted by molar-refractivity contribution is 0.0690. The van der Waals surface area contributed by atoms with E-state index < -0.39 is 16.0 Å². The lowest BCUT2D eigenvalue weighted by Crippen LogP contribution is -2.12. The molecule has 0 saturated heterocycles. The Morgan fingerprint density at radius 2 is 1.74 bits per heavy atom. The van der Waals surface area contributed by atoms with Crippen molar-refractivity contribution in [2.24, 2.45) is 5.14 Å². The summed E-state index contributed by atoms with van der Waals surface area (Å²) in [5.41, 5.74) is 1.69. The molecule has 2 aromatic carbocycles. The second-order valence-electron chi connectivity index (χ2n) is 5.77. The predicted octanol–water partition coefficient (Wildman–Crippen LogP) is 3.10. The largest absolute Gasteiger partial charge is 0.476 e. The molecule has 0 unspecified atom stereocenters. The summed E-state index contributed by atoms with van der Waals surface area (Å²) in [6, 6.07) is 12.7. The average molecular weight is 406 g/mol. The van der Waals surface area contributed by atoms with E-state index in [-0.39, 0.29) is 10.6 Å². The van der Waals surface area contributed by atoms with Crippen molar-refractivity contribution in [1.82, 2.24) is 9.55 Å². The van der Waals surface area contributed by atoms with Gasteiger partial charge in [0.05, 0.1) is 10.6 Å². The van der Waals surface area contributed by atoms with Gasteiger partial charge >= 0.3 is 5.97 Å². The summed E-state index contributed by atoms with van der Waals surface area (Å²) in [5, 5.41) is 15.2. The molecule has 1 heterocycles. The minimum Gasteiger partial charge on any atom is -0.476 e. The molecule has 0 aliphatic rings. The smallest absolute Gasteiger partial charge is 0.356 e. The van der Waals surface area contributed by atoms with Gasteiger partial charge in [-0.3, -0.25) is 4.57 Å². The van der Waals surface area contributed by atoms with Crippen molar-refractivity contribution in [3.05, 3.63) is 64.9 Å². The molecule has 0 radical (unpaired) electrons. The highest BCUT2D eigenvalue weighted by Crippen LogP contribution is 2.28. The van der Waals surface area contributed by atoms with Gasteiger partial charge < -0.3 is 5.11 Å². The van der Waals surface area contributed by atoms with Gasteiger partial charge in [0.15, 0.2) is 5.69 Å². The number of hydrogen-bond acceptors (Lipinski definition) is 4. The van der Waals surface area contributed by atoms with Crippen molar-refractivity contribution in [3.8, 4) is 17.1 Å². The predicted molar refractivity (Wildman–Crippen MR) is 102 cm³/mol. The molecule has 9 heteroatoms. The second kappa shape index (κ2) is 7.15. The molecule has 0 saturated carbocycles. The Hall–Kier alpha value is -2.68. The summed E-state index contributed by atoms with van der Waals surface area (Å²) in [5.74, 6) is -0.716. The Morgan fingerprint density at radius 3 is 2.22 bits per heavy atom. The van der Waals surface area contributed by atoms with Crippen LogP contribution in [0, 0.1) is 0 Å². The Kier molecular flexibility index (Phi) is 5.05. The molecule has 7 nitrogen and oxygen atoms in total. The van der Waals surface area contributed by atoms with Crippen molar-refractivity contribution >= 4 is 27.6 Å². The topological polar surface area (TPSA) is 115 Å². The third-order valence-corrected chi connectivity index (χ3v) is 5.22. The molecule has 0 spiro atoms. The molecule has 3 rings (SSSR count). The molecule has 1 aromatic heterocycles. The first kappa shape index (κ1) is 19.1. The normalized spacial score (nSPS) is 11.5. The molecular formula is C18H16ClN3O4S. The Bertz CT molecular complexity index is 1100. The number of sulfonamides is 1. The average Bonchev–Trinajstić information content (AvgIpc) is 3.01. The molecule has 0 bridgehead atoms. The van der Waals surface area contributed by atoms with Crippen LogP contribution in [0.15, 0.2) is 53.4 Å². The molecule has 27 heavy (non-hydrogen) atoms.